The SMILES string of the molecule is COc1ccccc1OCCNC(=O)N1CCC(n2cncn2)CC1. The van der Waals surface area contributed by atoms with Crippen molar-refractivity contribution in [1.29, 1.82) is 0 Å². The van der Waals surface area contributed by atoms with Gasteiger partial charge in [0.15, 0.2) is 11.5 Å². The molecule has 2 aromatic rings. The second-order valence-electron chi connectivity index (χ2n) is 5.82. The summed E-state index contributed by atoms with van der Waals surface area (Å²) in [6.45, 7) is 2.26. The smallest absolute Gasteiger partial charge is 0.317 e. The molecule has 0 atom stereocenters. The Bertz CT molecular complexity index is 669. The lowest BCUT2D eigenvalue weighted by Crippen LogP contribution is -2.45. The maximum absolute atomic E-state index is 12.2. The number of ether oxygens (including phenoxy) is 2. The molecule has 1 fully saturated rings. The third kappa shape index (κ3) is 4.40. The van der Waals surface area contributed by atoms with Crippen LogP contribution >= 0.6 is 0 Å². The summed E-state index contributed by atoms with van der Waals surface area (Å²) in [5.74, 6) is 1.36. The van der Waals surface area contributed by atoms with Crippen molar-refractivity contribution in [1.82, 2.24) is 25.0 Å². The minimum atomic E-state index is -0.0549. The van der Waals surface area contributed by atoms with Crippen molar-refractivity contribution < 1.29 is 14.3 Å². The van der Waals surface area contributed by atoms with E-state index in [0.29, 0.717) is 43.8 Å². The van der Waals surface area contributed by atoms with Gasteiger partial charge in [-0.05, 0) is 25.0 Å². The maximum Gasteiger partial charge on any atom is 0.317 e. The van der Waals surface area contributed by atoms with Gasteiger partial charge in [0.05, 0.1) is 19.7 Å². The highest BCUT2D eigenvalue weighted by Gasteiger charge is 2.23. The molecular weight excluding hydrogens is 322 g/mol. The van der Waals surface area contributed by atoms with Crippen molar-refractivity contribution in [2.24, 2.45) is 0 Å². The summed E-state index contributed by atoms with van der Waals surface area (Å²) < 4.78 is 12.8. The van der Waals surface area contributed by atoms with Gasteiger partial charge in [0, 0.05) is 13.1 Å². The molecule has 0 bridgehead atoms. The van der Waals surface area contributed by atoms with Crippen LogP contribution in [-0.2, 0) is 0 Å². The van der Waals surface area contributed by atoms with E-state index in [0.717, 1.165) is 12.8 Å². The zero-order valence-corrected chi connectivity index (χ0v) is 14.3. The summed E-state index contributed by atoms with van der Waals surface area (Å²) in [4.78, 5) is 18.0. The molecule has 0 aliphatic carbocycles. The number of nitrogens with zero attached hydrogens (tertiary/aromatic N) is 4. The lowest BCUT2D eigenvalue weighted by Gasteiger charge is -2.31. The fourth-order valence-corrected chi connectivity index (χ4v) is 2.91. The summed E-state index contributed by atoms with van der Waals surface area (Å²) in [5, 5.41) is 7.07. The fraction of sp³-hybridized carbons (Fsp3) is 0.471. The molecule has 25 heavy (non-hydrogen) atoms. The lowest BCUT2D eigenvalue weighted by atomic mass is 10.1. The molecule has 134 valence electrons. The molecule has 0 unspecified atom stereocenters. The second-order valence-corrected chi connectivity index (χ2v) is 5.82. The highest BCUT2D eigenvalue weighted by atomic mass is 16.5. The van der Waals surface area contributed by atoms with Crippen LogP contribution in [-0.4, -0.2) is 59.0 Å². The topological polar surface area (TPSA) is 81.5 Å². The van der Waals surface area contributed by atoms with Gasteiger partial charge in [-0.3, -0.25) is 0 Å². The van der Waals surface area contributed by atoms with Gasteiger partial charge in [0.2, 0.25) is 0 Å². The van der Waals surface area contributed by atoms with Gasteiger partial charge in [-0.15, -0.1) is 0 Å². The molecule has 1 saturated heterocycles. The number of piperidine rings is 1. The van der Waals surface area contributed by atoms with Crippen LogP contribution < -0.4 is 14.8 Å². The number of carbonyl (C=O) groups excluding carboxylic acids is 1. The molecule has 1 aromatic heterocycles. The van der Waals surface area contributed by atoms with Gasteiger partial charge in [-0.25, -0.2) is 14.5 Å². The summed E-state index contributed by atoms with van der Waals surface area (Å²) >= 11 is 0. The maximum atomic E-state index is 12.2. The molecule has 1 N–H and O–H groups in total. The van der Waals surface area contributed by atoms with Crippen LogP contribution in [0.5, 0.6) is 11.5 Å². The Morgan fingerprint density at radius 1 is 1.28 bits per heavy atom. The normalized spacial score (nSPS) is 15.0. The van der Waals surface area contributed by atoms with E-state index in [1.54, 1.807) is 19.8 Å². The number of carbonyl (C=O) groups is 1. The van der Waals surface area contributed by atoms with E-state index in [1.807, 2.05) is 33.8 Å². The molecule has 1 aliphatic heterocycles. The van der Waals surface area contributed by atoms with Crippen LogP contribution in [0.2, 0.25) is 0 Å². The summed E-state index contributed by atoms with van der Waals surface area (Å²) in [6, 6.07) is 7.72. The Labute approximate surface area is 146 Å². The molecule has 2 heterocycles. The molecule has 1 aliphatic rings. The van der Waals surface area contributed by atoms with Crippen LogP contribution in [0.3, 0.4) is 0 Å². The number of benzene rings is 1. The van der Waals surface area contributed by atoms with Gasteiger partial charge in [0.1, 0.15) is 19.3 Å². The molecule has 8 heteroatoms. The van der Waals surface area contributed by atoms with Crippen LogP contribution in [0.1, 0.15) is 18.9 Å². The molecule has 0 saturated carbocycles. The van der Waals surface area contributed by atoms with Crippen molar-refractivity contribution in [3.8, 4) is 11.5 Å². The number of hydrogen-bond acceptors (Lipinski definition) is 5. The Morgan fingerprint density at radius 2 is 2.04 bits per heavy atom. The van der Waals surface area contributed by atoms with E-state index in [9.17, 15) is 4.79 Å². The quantitative estimate of drug-likeness (QED) is 0.806. The highest BCUT2D eigenvalue weighted by molar-refractivity contribution is 5.74. The van der Waals surface area contributed by atoms with Crippen molar-refractivity contribution in [3.05, 3.63) is 36.9 Å². The van der Waals surface area contributed by atoms with Crippen molar-refractivity contribution >= 4 is 6.03 Å². The summed E-state index contributed by atoms with van der Waals surface area (Å²) in [7, 11) is 1.60. The number of nitrogens with one attached hydrogen (secondary N) is 1. The van der Waals surface area contributed by atoms with E-state index >= 15 is 0 Å². The minimum Gasteiger partial charge on any atom is -0.493 e. The largest absolute Gasteiger partial charge is 0.493 e. The summed E-state index contributed by atoms with van der Waals surface area (Å²) in [5.41, 5.74) is 0. The molecule has 8 nitrogen and oxygen atoms in total. The first-order valence-corrected chi connectivity index (χ1v) is 8.40. The lowest BCUT2D eigenvalue weighted by molar-refractivity contribution is 0.166. The van der Waals surface area contributed by atoms with E-state index < -0.39 is 0 Å². The van der Waals surface area contributed by atoms with Crippen molar-refractivity contribution in [3.63, 3.8) is 0 Å². The van der Waals surface area contributed by atoms with E-state index in [4.69, 9.17) is 9.47 Å². The van der Waals surface area contributed by atoms with Crippen LogP contribution in [0.4, 0.5) is 4.79 Å². The Kier molecular flexibility index (Phi) is 5.71. The zero-order valence-electron chi connectivity index (χ0n) is 14.3. The molecule has 0 spiro atoms. The zero-order chi connectivity index (χ0) is 17.5. The van der Waals surface area contributed by atoms with Crippen LogP contribution in [0, 0.1) is 0 Å². The number of amides is 2. The predicted octanol–water partition coefficient (Wildman–Crippen LogP) is 1.71. The number of para-hydroxylation sites is 2. The van der Waals surface area contributed by atoms with E-state index in [2.05, 4.69) is 15.4 Å². The van der Waals surface area contributed by atoms with Gasteiger partial charge < -0.3 is 19.7 Å². The number of urea groups is 1. The van der Waals surface area contributed by atoms with Gasteiger partial charge in [-0.1, -0.05) is 12.1 Å². The molecule has 1 aromatic carbocycles. The number of aromatic nitrogens is 3. The minimum absolute atomic E-state index is 0.0549. The Morgan fingerprint density at radius 3 is 2.72 bits per heavy atom. The highest BCUT2D eigenvalue weighted by Crippen LogP contribution is 2.25. The number of rotatable bonds is 6. The first-order valence-electron chi connectivity index (χ1n) is 8.40. The molecular formula is C17H23N5O3. The second kappa shape index (κ2) is 8.36. The monoisotopic (exact) mass is 345 g/mol. The predicted molar refractivity (Wildman–Crippen MR) is 91.8 cm³/mol. The summed E-state index contributed by atoms with van der Waals surface area (Å²) in [6.07, 6.45) is 5.04. The molecule has 3 rings (SSSR count). The number of likely N-dealkylation sites (tertiary alicyclic amines) is 1. The van der Waals surface area contributed by atoms with Crippen LogP contribution in [0.25, 0.3) is 0 Å². The fourth-order valence-electron chi connectivity index (χ4n) is 2.91. The van der Waals surface area contributed by atoms with Gasteiger partial charge >= 0.3 is 6.03 Å². The first-order chi connectivity index (χ1) is 12.3. The van der Waals surface area contributed by atoms with Gasteiger partial charge in [-0.2, -0.15) is 5.10 Å². The first kappa shape index (κ1) is 17.1. The van der Waals surface area contributed by atoms with Crippen molar-refractivity contribution in [2.75, 3.05) is 33.4 Å². The third-order valence-electron chi connectivity index (χ3n) is 4.27. The van der Waals surface area contributed by atoms with Crippen molar-refractivity contribution in [2.45, 2.75) is 18.9 Å². The standard InChI is InChI=1S/C17H23N5O3/c1-24-15-4-2-3-5-16(15)25-11-8-19-17(23)21-9-6-14(7-10-21)22-13-18-12-20-22/h2-5,12-14H,6-11H2,1H3,(H,19,23). The Hall–Kier alpha value is -2.77. The van der Waals surface area contributed by atoms with Crippen LogP contribution in [0.15, 0.2) is 36.9 Å². The van der Waals surface area contributed by atoms with E-state index in [-0.39, 0.29) is 6.03 Å². The average Bonchev–Trinajstić information content (AvgIpc) is 3.20. The van der Waals surface area contributed by atoms with E-state index in [1.165, 1.54) is 0 Å². The van der Waals surface area contributed by atoms with Gasteiger partial charge in [0.25, 0.3) is 0 Å². The number of methoxy groups -OCH3 is 1. The third-order valence-corrected chi connectivity index (χ3v) is 4.27. The number of hydrogen-bond donors (Lipinski definition) is 1. The Balaban J connectivity index is 1.37. The average molecular weight is 345 g/mol. The molecule has 0 radical (unpaired) electrons. The molecule has 2 amide bonds.